The molecule has 0 radical (unpaired) electrons. The van der Waals surface area contributed by atoms with Gasteiger partial charge in [0.05, 0.1) is 0 Å². The Morgan fingerprint density at radius 1 is 1.28 bits per heavy atom. The summed E-state index contributed by atoms with van der Waals surface area (Å²) in [6.07, 6.45) is 2.98. The van der Waals surface area contributed by atoms with Crippen LogP contribution in [0.4, 0.5) is 0 Å². The Balaban J connectivity index is 2.44. The molecular weight excluding hydrogens is 228 g/mol. The summed E-state index contributed by atoms with van der Waals surface area (Å²) in [5.74, 6) is 1.98. The third-order valence-corrected chi connectivity index (χ3v) is 2.94. The number of ether oxygens (including phenoxy) is 1. The van der Waals surface area contributed by atoms with E-state index in [1.165, 1.54) is 0 Å². The normalized spacial score (nSPS) is 17.1. The molecule has 18 heavy (non-hydrogen) atoms. The average molecular weight is 242 g/mol. The molecule has 0 saturated carbocycles. The molecule has 0 N–H and O–H groups in total. The summed E-state index contributed by atoms with van der Waals surface area (Å²) >= 11 is 0. The van der Waals surface area contributed by atoms with Gasteiger partial charge < -0.3 is 4.74 Å². The Kier molecular flexibility index (Phi) is 3.47. The second-order valence-electron chi connectivity index (χ2n) is 4.17. The van der Waals surface area contributed by atoms with Gasteiger partial charge in [0, 0.05) is 18.1 Å². The zero-order chi connectivity index (χ0) is 13.1. The van der Waals surface area contributed by atoms with Gasteiger partial charge in [-0.05, 0) is 12.0 Å². The van der Waals surface area contributed by atoms with Crippen LogP contribution in [0.5, 0.6) is 0 Å². The van der Waals surface area contributed by atoms with E-state index in [0.717, 1.165) is 18.4 Å². The topological polar surface area (TPSA) is 43.4 Å². The molecule has 0 heterocycles. The van der Waals surface area contributed by atoms with Gasteiger partial charge in [-0.1, -0.05) is 37.5 Å². The van der Waals surface area contributed by atoms with Gasteiger partial charge in [-0.2, -0.15) is 0 Å². The summed E-state index contributed by atoms with van der Waals surface area (Å²) in [7, 11) is 0. The fourth-order valence-electron chi connectivity index (χ4n) is 2.19. The lowest BCUT2D eigenvalue weighted by atomic mass is 9.99. The molecule has 92 valence electrons. The Labute approximate surface area is 106 Å². The lowest BCUT2D eigenvalue weighted by Gasteiger charge is -2.05. The summed E-state index contributed by atoms with van der Waals surface area (Å²) in [5.41, 5.74) is 1.91. The number of hydrogen-bond donors (Lipinski definition) is 0. The highest BCUT2D eigenvalue weighted by Crippen LogP contribution is 2.28. The number of fused-ring (bicyclic) bond motifs is 1. The lowest BCUT2D eigenvalue weighted by Crippen LogP contribution is -2.24. The van der Waals surface area contributed by atoms with Crippen molar-refractivity contribution in [1.82, 2.24) is 0 Å². The van der Waals surface area contributed by atoms with Gasteiger partial charge in [0.25, 0.3) is 0 Å². The third kappa shape index (κ3) is 1.91. The minimum absolute atomic E-state index is 0.262. The van der Waals surface area contributed by atoms with Crippen LogP contribution >= 0.6 is 0 Å². The zero-order valence-electron chi connectivity index (χ0n) is 10.4. The molecule has 1 aromatic carbocycles. The van der Waals surface area contributed by atoms with E-state index in [0.29, 0.717) is 11.1 Å². The first-order valence-electron chi connectivity index (χ1n) is 5.98. The third-order valence-electron chi connectivity index (χ3n) is 2.94. The Morgan fingerprint density at radius 3 is 2.72 bits per heavy atom. The minimum atomic E-state index is -1.08. The highest BCUT2D eigenvalue weighted by Gasteiger charge is 2.41. The number of Topliss-reactive ketones (excluding diaryl/α,β-unsaturated/α-hetero) is 2. The number of aryl methyl sites for hydroxylation is 1. The summed E-state index contributed by atoms with van der Waals surface area (Å²) in [5, 5.41) is 0. The fraction of sp³-hybridized carbons (Fsp3) is 0.333. The highest BCUT2D eigenvalue weighted by molar-refractivity contribution is 6.29. The van der Waals surface area contributed by atoms with Gasteiger partial charge in [-0.25, -0.2) is 0 Å². The van der Waals surface area contributed by atoms with Crippen LogP contribution < -0.4 is 0 Å². The van der Waals surface area contributed by atoms with Gasteiger partial charge in [-0.15, -0.1) is 0 Å². The predicted molar refractivity (Wildman–Crippen MR) is 67.4 cm³/mol. The fourth-order valence-corrected chi connectivity index (χ4v) is 2.19. The van der Waals surface area contributed by atoms with E-state index in [1.54, 1.807) is 13.0 Å². The number of carbonyl (C=O) groups is 2. The molecule has 0 saturated heterocycles. The highest BCUT2D eigenvalue weighted by atomic mass is 16.5. The molecule has 2 rings (SSSR count). The minimum Gasteiger partial charge on any atom is -0.426 e. The van der Waals surface area contributed by atoms with E-state index in [9.17, 15) is 9.59 Å². The van der Waals surface area contributed by atoms with Gasteiger partial charge >= 0.3 is 0 Å². The van der Waals surface area contributed by atoms with E-state index in [2.05, 4.69) is 12.0 Å². The Bertz CT molecular complexity index is 561. The molecule has 1 unspecified atom stereocenters. The van der Waals surface area contributed by atoms with Crippen LogP contribution in [0.2, 0.25) is 0 Å². The molecule has 1 atom stereocenters. The van der Waals surface area contributed by atoms with Crippen molar-refractivity contribution >= 4 is 11.6 Å². The number of hydrogen-bond acceptors (Lipinski definition) is 3. The molecule has 0 bridgehead atoms. The molecule has 0 amide bonds. The molecule has 1 aliphatic rings. The van der Waals surface area contributed by atoms with E-state index in [1.807, 2.05) is 19.1 Å². The summed E-state index contributed by atoms with van der Waals surface area (Å²) < 4.78 is 5.03. The number of benzene rings is 1. The molecule has 3 nitrogen and oxygen atoms in total. The second-order valence-corrected chi connectivity index (χ2v) is 4.17. The molecule has 0 aromatic heterocycles. The SMILES string of the molecule is CC#COC1C(=O)c2cccc(CCC)c2C1=O. The van der Waals surface area contributed by atoms with Crippen LogP contribution in [-0.4, -0.2) is 17.7 Å². The molecule has 1 aromatic rings. The first kappa shape index (κ1) is 12.4. The van der Waals surface area contributed by atoms with Crippen molar-refractivity contribution in [3.8, 4) is 12.0 Å². The molecule has 0 fully saturated rings. The van der Waals surface area contributed by atoms with Gasteiger partial charge in [-0.3, -0.25) is 9.59 Å². The first-order chi connectivity index (χ1) is 8.70. The average Bonchev–Trinajstić information content (AvgIpc) is 2.61. The van der Waals surface area contributed by atoms with Crippen molar-refractivity contribution in [3.63, 3.8) is 0 Å². The molecule has 3 heteroatoms. The summed E-state index contributed by atoms with van der Waals surface area (Å²) in [6.45, 7) is 3.64. The lowest BCUT2D eigenvalue weighted by molar-refractivity contribution is 0.0658. The Hall–Kier alpha value is -2.08. The Morgan fingerprint density at radius 2 is 2.06 bits per heavy atom. The molecule has 0 aliphatic heterocycles. The quantitative estimate of drug-likeness (QED) is 0.603. The van der Waals surface area contributed by atoms with Gasteiger partial charge in [0.15, 0.2) is 0 Å². The predicted octanol–water partition coefficient (Wildman–Crippen LogP) is 2.38. The molecule has 1 aliphatic carbocycles. The van der Waals surface area contributed by atoms with Crippen molar-refractivity contribution in [2.75, 3.05) is 0 Å². The van der Waals surface area contributed by atoms with Crippen LogP contribution in [0, 0.1) is 12.0 Å². The summed E-state index contributed by atoms with van der Waals surface area (Å²) in [4.78, 5) is 24.3. The smallest absolute Gasteiger partial charge is 0.235 e. The standard InChI is InChI=1S/C15H14O3/c1-3-6-10-7-5-8-11-12(10)14(17)15(13(11)16)18-9-4-2/h5,7-8,15H,3,6H2,1-2H3. The second kappa shape index (κ2) is 5.05. The van der Waals surface area contributed by atoms with E-state index >= 15 is 0 Å². The van der Waals surface area contributed by atoms with E-state index in [4.69, 9.17) is 4.74 Å². The first-order valence-corrected chi connectivity index (χ1v) is 5.98. The van der Waals surface area contributed by atoms with Crippen molar-refractivity contribution in [1.29, 1.82) is 0 Å². The largest absolute Gasteiger partial charge is 0.426 e. The van der Waals surface area contributed by atoms with Crippen LogP contribution in [0.1, 0.15) is 46.5 Å². The van der Waals surface area contributed by atoms with Gasteiger partial charge in [0.2, 0.25) is 17.7 Å². The molecular formula is C15H14O3. The van der Waals surface area contributed by atoms with Crippen LogP contribution in [0.3, 0.4) is 0 Å². The van der Waals surface area contributed by atoms with Gasteiger partial charge in [0.1, 0.15) is 6.11 Å². The number of ketones is 2. The zero-order valence-corrected chi connectivity index (χ0v) is 10.4. The number of carbonyl (C=O) groups excluding carboxylic acids is 2. The monoisotopic (exact) mass is 242 g/mol. The van der Waals surface area contributed by atoms with Crippen LogP contribution in [-0.2, 0) is 11.2 Å². The van der Waals surface area contributed by atoms with Crippen LogP contribution in [0.25, 0.3) is 0 Å². The maximum absolute atomic E-state index is 12.2. The van der Waals surface area contributed by atoms with Crippen LogP contribution in [0.15, 0.2) is 18.2 Å². The van der Waals surface area contributed by atoms with Crippen molar-refractivity contribution in [2.24, 2.45) is 0 Å². The van der Waals surface area contributed by atoms with E-state index < -0.39 is 6.10 Å². The van der Waals surface area contributed by atoms with Crippen molar-refractivity contribution in [2.45, 2.75) is 32.8 Å². The molecule has 0 spiro atoms. The number of rotatable bonds is 3. The van der Waals surface area contributed by atoms with E-state index in [-0.39, 0.29) is 11.6 Å². The summed E-state index contributed by atoms with van der Waals surface area (Å²) in [6, 6.07) is 5.38. The maximum Gasteiger partial charge on any atom is 0.235 e. The van der Waals surface area contributed by atoms with Crippen molar-refractivity contribution in [3.05, 3.63) is 34.9 Å². The maximum atomic E-state index is 12.2. The van der Waals surface area contributed by atoms with Crippen molar-refractivity contribution < 1.29 is 14.3 Å².